The third kappa shape index (κ3) is 5.22. The summed E-state index contributed by atoms with van der Waals surface area (Å²) in [5.74, 6) is -0.0364. The summed E-state index contributed by atoms with van der Waals surface area (Å²) >= 11 is 0. The highest BCUT2D eigenvalue weighted by molar-refractivity contribution is 5.89. The van der Waals surface area contributed by atoms with E-state index in [0.717, 1.165) is 26.1 Å². The number of halogens is 2. The third-order valence-corrected chi connectivity index (χ3v) is 5.25. The molecule has 0 aromatic carbocycles. The highest BCUT2D eigenvalue weighted by Gasteiger charge is 2.38. The van der Waals surface area contributed by atoms with Gasteiger partial charge in [0.25, 0.3) is 0 Å². The Morgan fingerprint density at radius 1 is 1.42 bits per heavy atom. The van der Waals surface area contributed by atoms with E-state index in [1.54, 1.807) is 11.9 Å². The van der Waals surface area contributed by atoms with Crippen molar-refractivity contribution >= 4 is 36.6 Å². The minimum absolute atomic E-state index is 0. The van der Waals surface area contributed by atoms with Gasteiger partial charge in [0, 0.05) is 45.2 Å². The lowest BCUT2D eigenvalue weighted by Crippen LogP contribution is -2.44. The van der Waals surface area contributed by atoms with E-state index in [1.807, 2.05) is 11.8 Å². The third-order valence-electron chi connectivity index (χ3n) is 5.25. The Morgan fingerprint density at radius 2 is 2.08 bits per heavy atom. The summed E-state index contributed by atoms with van der Waals surface area (Å²) in [6.45, 7) is 8.04. The van der Waals surface area contributed by atoms with Crippen LogP contribution in [0.1, 0.15) is 33.1 Å². The maximum atomic E-state index is 12.5. The van der Waals surface area contributed by atoms with E-state index in [2.05, 4.69) is 11.8 Å². The standard InChI is InChI=1S/C16H30N4O2.2ClH/c1-4-19-7-5-6-14(19)11-20-10-13(8-15(20)21)16(22)18(3)12(2)9-17;;/h12-14H,4-11,17H2,1-3H3;2*1H. The van der Waals surface area contributed by atoms with Crippen LogP contribution < -0.4 is 5.73 Å². The zero-order valence-electron chi connectivity index (χ0n) is 14.9. The first-order valence-corrected chi connectivity index (χ1v) is 8.46. The predicted molar refractivity (Wildman–Crippen MR) is 101 cm³/mol. The molecule has 0 aromatic heterocycles. The van der Waals surface area contributed by atoms with Crippen molar-refractivity contribution in [1.29, 1.82) is 0 Å². The average Bonchev–Trinajstić information content (AvgIpc) is 3.12. The first-order valence-electron chi connectivity index (χ1n) is 8.46. The van der Waals surface area contributed by atoms with E-state index < -0.39 is 0 Å². The minimum Gasteiger partial charge on any atom is -0.341 e. The molecule has 8 heteroatoms. The van der Waals surface area contributed by atoms with Crippen LogP contribution in [0.2, 0.25) is 0 Å². The van der Waals surface area contributed by atoms with Crippen LogP contribution in [0.3, 0.4) is 0 Å². The van der Waals surface area contributed by atoms with Crippen LogP contribution in [-0.4, -0.2) is 78.4 Å². The van der Waals surface area contributed by atoms with E-state index in [4.69, 9.17) is 5.73 Å². The van der Waals surface area contributed by atoms with Crippen molar-refractivity contribution in [2.24, 2.45) is 11.7 Å². The number of hydrogen-bond donors (Lipinski definition) is 1. The van der Waals surface area contributed by atoms with Crippen molar-refractivity contribution in [1.82, 2.24) is 14.7 Å². The molecule has 0 aliphatic carbocycles. The lowest BCUT2D eigenvalue weighted by Gasteiger charge is -2.29. The predicted octanol–water partition coefficient (Wildman–Crippen LogP) is 0.968. The largest absolute Gasteiger partial charge is 0.341 e. The minimum atomic E-state index is -0.206. The van der Waals surface area contributed by atoms with Gasteiger partial charge in [0.1, 0.15) is 0 Å². The molecule has 0 bridgehead atoms. The van der Waals surface area contributed by atoms with Gasteiger partial charge in [-0.1, -0.05) is 6.92 Å². The Bertz CT molecular complexity index is 425. The molecule has 0 aromatic rings. The fourth-order valence-electron chi connectivity index (χ4n) is 3.55. The molecule has 2 rings (SSSR count). The van der Waals surface area contributed by atoms with Crippen molar-refractivity contribution in [3.8, 4) is 0 Å². The quantitative estimate of drug-likeness (QED) is 0.742. The highest BCUT2D eigenvalue weighted by atomic mass is 35.5. The van der Waals surface area contributed by atoms with Crippen molar-refractivity contribution in [2.75, 3.05) is 39.8 Å². The summed E-state index contributed by atoms with van der Waals surface area (Å²) < 4.78 is 0. The van der Waals surface area contributed by atoms with Gasteiger partial charge in [-0.25, -0.2) is 0 Å². The summed E-state index contributed by atoms with van der Waals surface area (Å²) in [6.07, 6.45) is 2.71. The number of rotatable bonds is 6. The zero-order valence-corrected chi connectivity index (χ0v) is 16.6. The van der Waals surface area contributed by atoms with Crippen molar-refractivity contribution in [3.63, 3.8) is 0 Å². The van der Waals surface area contributed by atoms with Crippen LogP contribution in [0.15, 0.2) is 0 Å². The second kappa shape index (κ2) is 10.4. The lowest BCUT2D eigenvalue weighted by atomic mass is 10.1. The number of nitrogens with two attached hydrogens (primary N) is 1. The average molecular weight is 383 g/mol. The van der Waals surface area contributed by atoms with E-state index in [0.29, 0.717) is 25.6 Å². The molecule has 3 atom stereocenters. The zero-order chi connectivity index (χ0) is 16.3. The number of amides is 2. The van der Waals surface area contributed by atoms with Crippen molar-refractivity contribution in [2.45, 2.75) is 45.2 Å². The second-order valence-corrected chi connectivity index (χ2v) is 6.66. The molecule has 2 fully saturated rings. The van der Waals surface area contributed by atoms with Crippen LogP contribution >= 0.6 is 24.8 Å². The Labute approximate surface area is 157 Å². The maximum Gasteiger partial charge on any atom is 0.228 e. The molecule has 2 aliphatic heterocycles. The number of hydrogen-bond acceptors (Lipinski definition) is 4. The molecule has 0 saturated carbocycles. The van der Waals surface area contributed by atoms with Crippen LogP contribution in [-0.2, 0) is 9.59 Å². The molecule has 2 saturated heterocycles. The lowest BCUT2D eigenvalue weighted by molar-refractivity contribution is -0.136. The Balaban J connectivity index is 0.00000264. The van der Waals surface area contributed by atoms with Gasteiger partial charge in [0.05, 0.1) is 5.92 Å². The van der Waals surface area contributed by atoms with Crippen LogP contribution in [0.5, 0.6) is 0 Å². The van der Waals surface area contributed by atoms with Gasteiger partial charge < -0.3 is 15.5 Å². The molecular weight excluding hydrogens is 351 g/mol. The highest BCUT2D eigenvalue weighted by Crippen LogP contribution is 2.24. The second-order valence-electron chi connectivity index (χ2n) is 6.66. The molecule has 2 heterocycles. The molecule has 2 N–H and O–H groups in total. The van der Waals surface area contributed by atoms with Gasteiger partial charge in [0.15, 0.2) is 0 Å². The van der Waals surface area contributed by atoms with E-state index in [1.165, 1.54) is 6.42 Å². The van der Waals surface area contributed by atoms with Gasteiger partial charge in [-0.15, -0.1) is 24.8 Å². The summed E-state index contributed by atoms with van der Waals surface area (Å²) in [7, 11) is 1.78. The number of likely N-dealkylation sites (N-methyl/N-ethyl adjacent to an activating group) is 2. The van der Waals surface area contributed by atoms with Crippen LogP contribution in [0.25, 0.3) is 0 Å². The summed E-state index contributed by atoms with van der Waals surface area (Å²) in [4.78, 5) is 30.7. The summed E-state index contributed by atoms with van der Waals surface area (Å²) in [6, 6.07) is 0.477. The number of likely N-dealkylation sites (tertiary alicyclic amines) is 2. The Morgan fingerprint density at radius 3 is 2.67 bits per heavy atom. The van der Waals surface area contributed by atoms with Gasteiger partial charge in [-0.05, 0) is 32.9 Å². The Hall–Kier alpha value is -0.560. The normalized spacial score (nSPS) is 25.2. The summed E-state index contributed by atoms with van der Waals surface area (Å²) in [5.41, 5.74) is 5.63. The van der Waals surface area contributed by atoms with Crippen LogP contribution in [0, 0.1) is 5.92 Å². The molecule has 2 amide bonds. The van der Waals surface area contributed by atoms with E-state index >= 15 is 0 Å². The maximum absolute atomic E-state index is 12.5. The molecule has 6 nitrogen and oxygen atoms in total. The van der Waals surface area contributed by atoms with Gasteiger partial charge in [-0.3, -0.25) is 14.5 Å². The molecule has 24 heavy (non-hydrogen) atoms. The van der Waals surface area contributed by atoms with Gasteiger partial charge >= 0.3 is 0 Å². The number of carbonyl (C=O) groups excluding carboxylic acids is 2. The number of nitrogens with zero attached hydrogens (tertiary/aromatic N) is 3. The topological polar surface area (TPSA) is 69.9 Å². The molecule has 0 spiro atoms. The van der Waals surface area contributed by atoms with Gasteiger partial charge in [0.2, 0.25) is 11.8 Å². The first kappa shape index (κ1) is 23.4. The summed E-state index contributed by atoms with van der Waals surface area (Å²) in [5, 5.41) is 0. The molecule has 2 aliphatic rings. The van der Waals surface area contributed by atoms with E-state index in [-0.39, 0.29) is 48.6 Å². The van der Waals surface area contributed by atoms with Crippen molar-refractivity contribution < 1.29 is 9.59 Å². The SMILES string of the molecule is CCN1CCCC1CN1CC(C(=O)N(C)C(C)CN)CC1=O.Cl.Cl. The number of carbonyl (C=O) groups is 2. The Kier molecular flexibility index (Phi) is 10.2. The molecule has 3 unspecified atom stereocenters. The molecule has 0 radical (unpaired) electrons. The van der Waals surface area contributed by atoms with Crippen molar-refractivity contribution in [3.05, 3.63) is 0 Å². The van der Waals surface area contributed by atoms with E-state index in [9.17, 15) is 9.59 Å². The molecule has 142 valence electrons. The fourth-order valence-corrected chi connectivity index (χ4v) is 3.55. The first-order chi connectivity index (χ1) is 10.5. The fraction of sp³-hybridized carbons (Fsp3) is 0.875. The smallest absolute Gasteiger partial charge is 0.228 e. The monoisotopic (exact) mass is 382 g/mol. The van der Waals surface area contributed by atoms with Crippen LogP contribution in [0.4, 0.5) is 0 Å². The molecular formula is C16H32Cl2N4O2. The van der Waals surface area contributed by atoms with Gasteiger partial charge in [-0.2, -0.15) is 0 Å².